The summed E-state index contributed by atoms with van der Waals surface area (Å²) in [7, 11) is 0. The molecule has 6 heteroatoms. The molecule has 3 N–H and O–H groups in total. The third-order valence-electron chi connectivity index (χ3n) is 4.53. The van der Waals surface area contributed by atoms with Gasteiger partial charge in [-0.2, -0.15) is 0 Å². The molecule has 0 saturated heterocycles. The summed E-state index contributed by atoms with van der Waals surface area (Å²) in [5, 5.41) is 2.85. The summed E-state index contributed by atoms with van der Waals surface area (Å²) in [6.07, 6.45) is 0.314. The lowest BCUT2D eigenvalue weighted by Crippen LogP contribution is -2.26. The first kappa shape index (κ1) is 18.1. The van der Waals surface area contributed by atoms with Crippen molar-refractivity contribution >= 4 is 40.6 Å². The Hall–Kier alpha value is -3.25. The number of nitrogens with one attached hydrogen (secondary N) is 1. The Balaban J connectivity index is 1.50. The van der Waals surface area contributed by atoms with Crippen LogP contribution in [0.3, 0.4) is 0 Å². The molecule has 0 radical (unpaired) electrons. The highest BCUT2D eigenvalue weighted by Gasteiger charge is 2.23. The highest BCUT2D eigenvalue weighted by molar-refractivity contribution is 7.99. The first-order chi connectivity index (χ1) is 13.6. The van der Waals surface area contributed by atoms with Gasteiger partial charge in [-0.25, -0.2) is 0 Å². The van der Waals surface area contributed by atoms with Gasteiger partial charge < -0.3 is 16.0 Å². The van der Waals surface area contributed by atoms with E-state index in [0.29, 0.717) is 24.2 Å². The van der Waals surface area contributed by atoms with E-state index in [1.54, 1.807) is 36.0 Å². The number of rotatable bonds is 5. The molecule has 28 heavy (non-hydrogen) atoms. The second-order valence-electron chi connectivity index (χ2n) is 6.43. The fourth-order valence-corrected chi connectivity index (χ4v) is 4.30. The number of amides is 2. The van der Waals surface area contributed by atoms with Crippen LogP contribution in [0.15, 0.2) is 82.6 Å². The molecule has 5 nitrogen and oxygen atoms in total. The first-order valence-electron chi connectivity index (χ1n) is 8.95. The number of fused-ring (bicyclic) bond motifs is 2. The molecular weight excluding hydrogens is 370 g/mol. The van der Waals surface area contributed by atoms with E-state index in [2.05, 4.69) is 34.5 Å². The number of nitrogens with zero attached hydrogens (tertiary/aromatic N) is 1. The van der Waals surface area contributed by atoms with Crippen LogP contribution in [-0.2, 0) is 4.79 Å². The van der Waals surface area contributed by atoms with Crippen molar-refractivity contribution < 1.29 is 9.59 Å². The topological polar surface area (TPSA) is 75.4 Å². The molecule has 0 fully saturated rings. The van der Waals surface area contributed by atoms with Gasteiger partial charge in [0.1, 0.15) is 0 Å². The maximum atomic E-state index is 12.5. The Bertz CT molecular complexity index is 1010. The summed E-state index contributed by atoms with van der Waals surface area (Å²) in [4.78, 5) is 28.3. The molecule has 4 rings (SSSR count). The lowest BCUT2D eigenvalue weighted by Gasteiger charge is -2.32. The van der Waals surface area contributed by atoms with Gasteiger partial charge in [0.25, 0.3) is 0 Å². The molecule has 0 atom stereocenters. The summed E-state index contributed by atoms with van der Waals surface area (Å²) in [5.74, 6) is -0.634. The minimum Gasteiger partial charge on any atom is -0.366 e. The van der Waals surface area contributed by atoms with E-state index < -0.39 is 5.91 Å². The van der Waals surface area contributed by atoms with Gasteiger partial charge in [-0.05, 0) is 42.5 Å². The van der Waals surface area contributed by atoms with Gasteiger partial charge in [0.15, 0.2) is 0 Å². The van der Waals surface area contributed by atoms with E-state index in [1.165, 1.54) is 9.79 Å². The highest BCUT2D eigenvalue weighted by atomic mass is 32.2. The van der Waals surface area contributed by atoms with Crippen LogP contribution < -0.4 is 16.0 Å². The van der Waals surface area contributed by atoms with Crippen LogP contribution in [0.4, 0.5) is 17.1 Å². The molecule has 1 aliphatic rings. The van der Waals surface area contributed by atoms with E-state index in [1.807, 2.05) is 24.3 Å². The number of hydrogen-bond donors (Lipinski definition) is 2. The SMILES string of the molecule is NC(=O)c1cccc(NC(=O)CCN2c3ccccc3Sc3ccccc32)c1. The standard InChI is InChI=1S/C22H19N3O2S/c23-22(27)15-6-5-7-16(14-15)24-21(26)12-13-25-17-8-1-3-10-19(17)28-20-11-4-2-9-18(20)25/h1-11,14H,12-13H2,(H2,23,27)(H,24,26). The van der Waals surface area contributed by atoms with Crippen molar-refractivity contribution in [1.29, 1.82) is 0 Å². The van der Waals surface area contributed by atoms with Crippen LogP contribution in [0.5, 0.6) is 0 Å². The van der Waals surface area contributed by atoms with Crippen LogP contribution in [0.1, 0.15) is 16.8 Å². The average Bonchev–Trinajstić information content (AvgIpc) is 2.71. The zero-order chi connectivity index (χ0) is 19.5. The molecule has 2 amide bonds. The van der Waals surface area contributed by atoms with Crippen molar-refractivity contribution in [2.24, 2.45) is 5.73 Å². The number of para-hydroxylation sites is 2. The number of anilines is 3. The molecule has 140 valence electrons. The Labute approximate surface area is 167 Å². The minimum absolute atomic E-state index is 0.116. The lowest BCUT2D eigenvalue weighted by atomic mass is 10.2. The van der Waals surface area contributed by atoms with Crippen molar-refractivity contribution in [1.82, 2.24) is 0 Å². The predicted molar refractivity (Wildman–Crippen MR) is 112 cm³/mol. The average molecular weight is 389 g/mol. The van der Waals surface area contributed by atoms with Crippen LogP contribution in [0.25, 0.3) is 0 Å². The molecule has 1 aliphatic heterocycles. The Morgan fingerprint density at radius 1 is 0.893 bits per heavy atom. The maximum absolute atomic E-state index is 12.5. The normalized spacial score (nSPS) is 12.1. The predicted octanol–water partition coefficient (Wildman–Crippen LogP) is 4.42. The zero-order valence-electron chi connectivity index (χ0n) is 15.1. The Kier molecular flexibility index (Phi) is 5.04. The summed E-state index contributed by atoms with van der Waals surface area (Å²) in [5.41, 5.74) is 8.45. The van der Waals surface area contributed by atoms with Gasteiger partial charge in [-0.3, -0.25) is 9.59 Å². The molecule has 0 spiro atoms. The van der Waals surface area contributed by atoms with E-state index >= 15 is 0 Å². The third-order valence-corrected chi connectivity index (χ3v) is 5.66. The van der Waals surface area contributed by atoms with E-state index in [-0.39, 0.29) is 5.91 Å². The summed E-state index contributed by atoms with van der Waals surface area (Å²) >= 11 is 1.74. The molecule has 0 aliphatic carbocycles. The number of primary amides is 1. The third kappa shape index (κ3) is 3.73. The maximum Gasteiger partial charge on any atom is 0.248 e. The van der Waals surface area contributed by atoms with Crippen LogP contribution in [0.2, 0.25) is 0 Å². The summed E-state index contributed by atoms with van der Waals surface area (Å²) in [6, 6.07) is 23.1. The number of nitrogens with two attached hydrogens (primary N) is 1. The summed E-state index contributed by atoms with van der Waals surface area (Å²) in [6.45, 7) is 0.552. The number of benzene rings is 3. The van der Waals surface area contributed by atoms with Gasteiger partial charge in [0, 0.05) is 34.0 Å². The molecular formula is C22H19N3O2S. The van der Waals surface area contributed by atoms with Crippen molar-refractivity contribution in [2.75, 3.05) is 16.8 Å². The van der Waals surface area contributed by atoms with Crippen LogP contribution in [-0.4, -0.2) is 18.4 Å². The Morgan fingerprint density at radius 3 is 2.18 bits per heavy atom. The second-order valence-corrected chi connectivity index (χ2v) is 7.52. The van der Waals surface area contributed by atoms with Gasteiger partial charge in [0.2, 0.25) is 11.8 Å². The van der Waals surface area contributed by atoms with Crippen molar-refractivity contribution in [3.8, 4) is 0 Å². The summed E-state index contributed by atoms with van der Waals surface area (Å²) < 4.78 is 0. The van der Waals surface area contributed by atoms with Crippen molar-refractivity contribution in [3.63, 3.8) is 0 Å². The van der Waals surface area contributed by atoms with Crippen LogP contribution in [0, 0.1) is 0 Å². The molecule has 0 bridgehead atoms. The quantitative estimate of drug-likeness (QED) is 0.677. The first-order valence-corrected chi connectivity index (χ1v) is 9.76. The molecule has 3 aromatic rings. The van der Waals surface area contributed by atoms with Gasteiger partial charge in [0.05, 0.1) is 11.4 Å². The fourth-order valence-electron chi connectivity index (χ4n) is 3.21. The zero-order valence-corrected chi connectivity index (χ0v) is 15.9. The molecule has 0 saturated carbocycles. The minimum atomic E-state index is -0.518. The van der Waals surface area contributed by atoms with Gasteiger partial charge in [-0.15, -0.1) is 0 Å². The highest BCUT2D eigenvalue weighted by Crippen LogP contribution is 2.47. The molecule has 0 unspecified atom stereocenters. The fraction of sp³-hybridized carbons (Fsp3) is 0.0909. The number of carbonyl (C=O) groups is 2. The smallest absolute Gasteiger partial charge is 0.248 e. The lowest BCUT2D eigenvalue weighted by molar-refractivity contribution is -0.116. The Morgan fingerprint density at radius 2 is 1.54 bits per heavy atom. The van der Waals surface area contributed by atoms with E-state index in [9.17, 15) is 9.59 Å². The van der Waals surface area contributed by atoms with E-state index in [0.717, 1.165) is 11.4 Å². The molecule has 0 aromatic heterocycles. The second kappa shape index (κ2) is 7.78. The number of hydrogen-bond acceptors (Lipinski definition) is 4. The largest absolute Gasteiger partial charge is 0.366 e. The molecule has 3 aromatic carbocycles. The van der Waals surface area contributed by atoms with Gasteiger partial charge >= 0.3 is 0 Å². The van der Waals surface area contributed by atoms with Crippen molar-refractivity contribution in [3.05, 3.63) is 78.4 Å². The van der Waals surface area contributed by atoms with E-state index in [4.69, 9.17) is 5.73 Å². The number of carbonyl (C=O) groups excluding carboxylic acids is 2. The van der Waals surface area contributed by atoms with Crippen molar-refractivity contribution in [2.45, 2.75) is 16.2 Å². The monoisotopic (exact) mass is 389 g/mol. The van der Waals surface area contributed by atoms with Crippen LogP contribution >= 0.6 is 11.8 Å². The van der Waals surface area contributed by atoms with Gasteiger partial charge in [-0.1, -0.05) is 42.1 Å². The molecule has 1 heterocycles.